The molecule has 0 spiro atoms. The van der Waals surface area contributed by atoms with Gasteiger partial charge in [-0.25, -0.2) is 4.98 Å². The van der Waals surface area contributed by atoms with Gasteiger partial charge in [-0.2, -0.15) is 0 Å². The minimum atomic E-state index is -0.278. The first kappa shape index (κ1) is 14.6. The summed E-state index contributed by atoms with van der Waals surface area (Å²) in [5.74, 6) is 1.10. The van der Waals surface area contributed by atoms with Crippen molar-refractivity contribution in [1.29, 1.82) is 0 Å². The summed E-state index contributed by atoms with van der Waals surface area (Å²) >= 11 is 0. The third-order valence-corrected chi connectivity index (χ3v) is 2.95. The van der Waals surface area contributed by atoms with Crippen molar-refractivity contribution in [2.24, 2.45) is 0 Å². The summed E-state index contributed by atoms with van der Waals surface area (Å²) in [4.78, 5) is 16.0. The van der Waals surface area contributed by atoms with Crippen molar-refractivity contribution >= 4 is 11.6 Å². The summed E-state index contributed by atoms with van der Waals surface area (Å²) in [5, 5.41) is 2.78. The summed E-state index contributed by atoms with van der Waals surface area (Å²) in [6.07, 6.45) is 1.45. The molecule has 0 saturated heterocycles. The molecule has 110 valence electrons. The first-order chi connectivity index (χ1) is 10.1. The number of anilines is 1. The Kier molecular flexibility index (Phi) is 4.61. The fourth-order valence-electron chi connectivity index (χ4n) is 1.83. The first-order valence-electron chi connectivity index (χ1n) is 6.34. The van der Waals surface area contributed by atoms with E-state index in [1.54, 1.807) is 38.5 Å². The van der Waals surface area contributed by atoms with Gasteiger partial charge in [0.15, 0.2) is 0 Å². The lowest BCUT2D eigenvalue weighted by molar-refractivity contribution is 0.0945. The van der Waals surface area contributed by atoms with Crippen LogP contribution >= 0.6 is 0 Å². The van der Waals surface area contributed by atoms with Crippen molar-refractivity contribution in [3.8, 4) is 11.5 Å². The van der Waals surface area contributed by atoms with Crippen molar-refractivity contribution in [2.45, 2.75) is 6.54 Å². The average molecular weight is 287 g/mol. The number of methoxy groups -OCH3 is 2. The highest BCUT2D eigenvalue weighted by Gasteiger charge is 2.09. The van der Waals surface area contributed by atoms with Crippen molar-refractivity contribution in [3.05, 3.63) is 47.8 Å². The number of amides is 1. The average Bonchev–Trinajstić information content (AvgIpc) is 2.52. The quantitative estimate of drug-likeness (QED) is 0.872. The highest BCUT2D eigenvalue weighted by atomic mass is 16.5. The molecular formula is C15H17N3O3. The predicted octanol–water partition coefficient (Wildman–Crippen LogP) is 1.61. The Hall–Kier alpha value is -2.76. The number of pyridine rings is 1. The number of hydrogen-bond donors (Lipinski definition) is 2. The van der Waals surface area contributed by atoms with E-state index >= 15 is 0 Å². The second-order valence-electron chi connectivity index (χ2n) is 4.34. The van der Waals surface area contributed by atoms with E-state index in [-0.39, 0.29) is 5.91 Å². The third-order valence-electron chi connectivity index (χ3n) is 2.95. The highest BCUT2D eigenvalue weighted by Crippen LogP contribution is 2.23. The molecule has 1 heterocycles. The van der Waals surface area contributed by atoms with E-state index in [0.29, 0.717) is 29.4 Å². The van der Waals surface area contributed by atoms with Gasteiger partial charge in [0.05, 0.1) is 26.1 Å². The Morgan fingerprint density at radius 3 is 2.67 bits per heavy atom. The molecule has 3 N–H and O–H groups in total. The molecule has 0 unspecified atom stereocenters. The van der Waals surface area contributed by atoms with Crippen LogP contribution in [0.4, 0.5) is 5.69 Å². The smallest absolute Gasteiger partial charge is 0.270 e. The largest absolute Gasteiger partial charge is 0.497 e. The Labute approximate surface area is 122 Å². The van der Waals surface area contributed by atoms with Gasteiger partial charge < -0.3 is 20.5 Å². The van der Waals surface area contributed by atoms with Gasteiger partial charge >= 0.3 is 0 Å². The topological polar surface area (TPSA) is 86.5 Å². The van der Waals surface area contributed by atoms with Crippen LogP contribution in [0.15, 0.2) is 36.5 Å². The van der Waals surface area contributed by atoms with Gasteiger partial charge in [0, 0.05) is 12.1 Å². The number of nitrogens with one attached hydrogen (secondary N) is 1. The van der Waals surface area contributed by atoms with E-state index in [0.717, 1.165) is 5.56 Å². The summed E-state index contributed by atoms with van der Waals surface area (Å²) < 4.78 is 10.4. The zero-order chi connectivity index (χ0) is 15.2. The molecule has 0 bridgehead atoms. The minimum absolute atomic E-state index is 0.278. The normalized spacial score (nSPS) is 10.0. The summed E-state index contributed by atoms with van der Waals surface area (Å²) in [7, 11) is 3.16. The number of nitrogens with two attached hydrogens (primary N) is 1. The van der Waals surface area contributed by atoms with Gasteiger partial charge in [0.25, 0.3) is 5.91 Å². The van der Waals surface area contributed by atoms with Gasteiger partial charge in [-0.05, 0) is 30.3 Å². The monoisotopic (exact) mass is 287 g/mol. The zero-order valence-corrected chi connectivity index (χ0v) is 11.9. The van der Waals surface area contributed by atoms with Crippen LogP contribution in [0.5, 0.6) is 11.5 Å². The molecule has 0 radical (unpaired) electrons. The van der Waals surface area contributed by atoms with Crippen LogP contribution in [0, 0.1) is 0 Å². The number of carbonyl (C=O) groups excluding carboxylic acids is 1. The highest BCUT2D eigenvalue weighted by molar-refractivity contribution is 5.92. The Morgan fingerprint density at radius 2 is 2.05 bits per heavy atom. The number of benzene rings is 1. The zero-order valence-electron chi connectivity index (χ0n) is 11.9. The fourth-order valence-corrected chi connectivity index (χ4v) is 1.83. The van der Waals surface area contributed by atoms with Gasteiger partial charge in [-0.1, -0.05) is 0 Å². The number of aromatic nitrogens is 1. The molecule has 2 aromatic rings. The molecule has 0 aliphatic heterocycles. The standard InChI is InChI=1S/C15H17N3O3/c1-20-12-4-6-14(21-2)10(7-12)8-18-15(19)13-5-3-11(16)9-17-13/h3-7,9H,8,16H2,1-2H3,(H,18,19). The molecule has 1 aromatic carbocycles. The molecule has 6 heteroatoms. The maximum absolute atomic E-state index is 12.0. The third kappa shape index (κ3) is 3.62. The lowest BCUT2D eigenvalue weighted by Crippen LogP contribution is -2.24. The van der Waals surface area contributed by atoms with Gasteiger partial charge in [0.2, 0.25) is 0 Å². The number of nitrogen functional groups attached to an aromatic ring is 1. The van der Waals surface area contributed by atoms with Crippen LogP contribution in [0.3, 0.4) is 0 Å². The maximum Gasteiger partial charge on any atom is 0.270 e. The van der Waals surface area contributed by atoms with Crippen molar-refractivity contribution in [2.75, 3.05) is 20.0 Å². The summed E-state index contributed by atoms with van der Waals surface area (Å²) in [5.41, 5.74) is 7.18. The predicted molar refractivity (Wildman–Crippen MR) is 79.4 cm³/mol. The first-order valence-corrected chi connectivity index (χ1v) is 6.34. The van der Waals surface area contributed by atoms with E-state index < -0.39 is 0 Å². The van der Waals surface area contributed by atoms with Gasteiger partial charge in [0.1, 0.15) is 17.2 Å². The molecule has 6 nitrogen and oxygen atoms in total. The van der Waals surface area contributed by atoms with E-state index in [2.05, 4.69) is 10.3 Å². The molecule has 21 heavy (non-hydrogen) atoms. The van der Waals surface area contributed by atoms with Crippen LogP contribution in [0.2, 0.25) is 0 Å². The Balaban J connectivity index is 2.08. The van der Waals surface area contributed by atoms with Crippen molar-refractivity contribution < 1.29 is 14.3 Å². The van der Waals surface area contributed by atoms with Crippen LogP contribution in [0.25, 0.3) is 0 Å². The van der Waals surface area contributed by atoms with Crippen LogP contribution in [-0.2, 0) is 6.54 Å². The lowest BCUT2D eigenvalue weighted by atomic mass is 10.2. The Bertz CT molecular complexity index is 627. The van der Waals surface area contributed by atoms with Crippen molar-refractivity contribution in [3.63, 3.8) is 0 Å². The molecule has 0 aliphatic rings. The molecule has 0 saturated carbocycles. The fraction of sp³-hybridized carbons (Fsp3) is 0.200. The van der Waals surface area contributed by atoms with E-state index in [9.17, 15) is 4.79 Å². The van der Waals surface area contributed by atoms with E-state index in [1.165, 1.54) is 6.20 Å². The van der Waals surface area contributed by atoms with Gasteiger partial charge in [-0.3, -0.25) is 4.79 Å². The summed E-state index contributed by atoms with van der Waals surface area (Å²) in [6.45, 7) is 0.311. The number of ether oxygens (including phenoxy) is 2. The molecule has 1 amide bonds. The Morgan fingerprint density at radius 1 is 1.24 bits per heavy atom. The summed E-state index contributed by atoms with van der Waals surface area (Å²) in [6, 6.07) is 8.62. The van der Waals surface area contributed by atoms with Crippen LogP contribution < -0.4 is 20.5 Å². The molecule has 0 fully saturated rings. The van der Waals surface area contributed by atoms with E-state index in [1.807, 2.05) is 6.07 Å². The van der Waals surface area contributed by atoms with Gasteiger partial charge in [-0.15, -0.1) is 0 Å². The molecule has 2 rings (SSSR count). The molecule has 0 atom stereocenters. The van der Waals surface area contributed by atoms with Crippen molar-refractivity contribution in [1.82, 2.24) is 10.3 Å². The molecule has 1 aromatic heterocycles. The molecule has 0 aliphatic carbocycles. The SMILES string of the molecule is COc1ccc(OC)c(CNC(=O)c2ccc(N)cn2)c1. The second-order valence-corrected chi connectivity index (χ2v) is 4.34. The van der Waals surface area contributed by atoms with E-state index in [4.69, 9.17) is 15.2 Å². The minimum Gasteiger partial charge on any atom is -0.497 e. The number of carbonyl (C=O) groups is 1. The number of hydrogen-bond acceptors (Lipinski definition) is 5. The maximum atomic E-state index is 12.0. The number of nitrogens with zero attached hydrogens (tertiary/aromatic N) is 1. The number of rotatable bonds is 5. The molecular weight excluding hydrogens is 270 g/mol. The lowest BCUT2D eigenvalue weighted by Gasteiger charge is -2.11. The van der Waals surface area contributed by atoms with Crippen LogP contribution in [-0.4, -0.2) is 25.1 Å². The second kappa shape index (κ2) is 6.60. The van der Waals surface area contributed by atoms with Crippen LogP contribution in [0.1, 0.15) is 16.1 Å².